The highest BCUT2D eigenvalue weighted by atomic mass is 16.2. The summed E-state index contributed by atoms with van der Waals surface area (Å²) in [6, 6.07) is 6.94. The fourth-order valence-electron chi connectivity index (χ4n) is 2.66. The van der Waals surface area contributed by atoms with Crippen LogP contribution in [0.25, 0.3) is 0 Å². The van der Waals surface area contributed by atoms with Crippen molar-refractivity contribution < 1.29 is 9.59 Å². The van der Waals surface area contributed by atoms with E-state index >= 15 is 0 Å². The van der Waals surface area contributed by atoms with Crippen LogP contribution in [-0.2, 0) is 0 Å². The van der Waals surface area contributed by atoms with E-state index in [0.29, 0.717) is 17.7 Å². The second-order valence-electron chi connectivity index (χ2n) is 6.59. The van der Waals surface area contributed by atoms with E-state index in [1.54, 1.807) is 24.3 Å². The van der Waals surface area contributed by atoms with Crippen molar-refractivity contribution in [2.45, 2.75) is 6.42 Å². The van der Waals surface area contributed by atoms with Gasteiger partial charge >= 0.3 is 0 Å². The molecule has 1 aliphatic heterocycles. The molecule has 0 spiro atoms. The van der Waals surface area contributed by atoms with E-state index in [2.05, 4.69) is 22.2 Å². The van der Waals surface area contributed by atoms with Crippen molar-refractivity contribution >= 4 is 11.8 Å². The third kappa shape index (κ3) is 5.32. The van der Waals surface area contributed by atoms with Gasteiger partial charge in [0.15, 0.2) is 0 Å². The van der Waals surface area contributed by atoms with Gasteiger partial charge in [-0.1, -0.05) is 0 Å². The number of hydrogen-bond donors (Lipinski definition) is 1. The predicted molar refractivity (Wildman–Crippen MR) is 95.3 cm³/mol. The van der Waals surface area contributed by atoms with E-state index < -0.39 is 0 Å². The molecule has 1 N–H and O–H groups in total. The molecule has 1 fully saturated rings. The molecule has 2 rings (SSSR count). The van der Waals surface area contributed by atoms with Crippen molar-refractivity contribution in [2.75, 3.05) is 60.4 Å². The Hall–Kier alpha value is -1.92. The fraction of sp³-hybridized carbons (Fsp3) is 0.556. The highest BCUT2D eigenvalue weighted by Crippen LogP contribution is 2.10. The zero-order valence-electron chi connectivity index (χ0n) is 14.9. The zero-order valence-corrected chi connectivity index (χ0v) is 14.9. The van der Waals surface area contributed by atoms with Gasteiger partial charge < -0.3 is 20.0 Å². The third-order valence-corrected chi connectivity index (χ3v) is 4.25. The number of nitrogens with one attached hydrogen (secondary N) is 1. The maximum Gasteiger partial charge on any atom is 0.253 e. The minimum atomic E-state index is -0.0904. The predicted octanol–water partition coefficient (Wildman–Crippen LogP) is 0.756. The van der Waals surface area contributed by atoms with Gasteiger partial charge in [-0.25, -0.2) is 0 Å². The van der Waals surface area contributed by atoms with E-state index in [-0.39, 0.29) is 11.8 Å². The summed E-state index contributed by atoms with van der Waals surface area (Å²) in [5, 5.41) is 2.90. The average molecular weight is 332 g/mol. The Kier molecular flexibility index (Phi) is 6.75. The molecule has 0 aliphatic carbocycles. The number of carbonyl (C=O) groups excluding carboxylic acids is 2. The highest BCUT2D eigenvalue weighted by Gasteiger charge is 2.20. The van der Waals surface area contributed by atoms with Gasteiger partial charge in [-0.05, 0) is 58.4 Å². The number of likely N-dealkylation sites (N-methyl/N-ethyl adjacent to an activating group) is 1. The van der Waals surface area contributed by atoms with Crippen LogP contribution in [0.4, 0.5) is 0 Å². The van der Waals surface area contributed by atoms with Crippen LogP contribution in [0.1, 0.15) is 27.1 Å². The molecule has 24 heavy (non-hydrogen) atoms. The SMILES string of the molecule is CN(C)CCCNC(=O)c1ccc(C(=O)N2CCN(C)CC2)cc1. The third-order valence-electron chi connectivity index (χ3n) is 4.25. The Balaban J connectivity index is 1.85. The lowest BCUT2D eigenvalue weighted by Crippen LogP contribution is -2.47. The van der Waals surface area contributed by atoms with Gasteiger partial charge in [0.1, 0.15) is 0 Å². The number of hydrogen-bond acceptors (Lipinski definition) is 4. The van der Waals surface area contributed by atoms with Gasteiger partial charge in [0.25, 0.3) is 11.8 Å². The Morgan fingerprint density at radius 2 is 1.62 bits per heavy atom. The summed E-state index contributed by atoms with van der Waals surface area (Å²) in [6.07, 6.45) is 0.915. The van der Waals surface area contributed by atoms with Crippen LogP contribution >= 0.6 is 0 Å². The van der Waals surface area contributed by atoms with E-state index in [1.807, 2.05) is 19.0 Å². The van der Waals surface area contributed by atoms with Gasteiger partial charge in [0.05, 0.1) is 0 Å². The smallest absolute Gasteiger partial charge is 0.253 e. The van der Waals surface area contributed by atoms with E-state index in [9.17, 15) is 9.59 Å². The molecule has 1 aromatic carbocycles. The Bertz CT molecular complexity index is 549. The van der Waals surface area contributed by atoms with E-state index in [1.165, 1.54) is 0 Å². The lowest BCUT2D eigenvalue weighted by Gasteiger charge is -2.32. The summed E-state index contributed by atoms with van der Waals surface area (Å²) >= 11 is 0. The molecule has 1 heterocycles. The maximum absolute atomic E-state index is 12.5. The van der Waals surface area contributed by atoms with Gasteiger partial charge in [-0.3, -0.25) is 9.59 Å². The molecule has 6 nitrogen and oxygen atoms in total. The van der Waals surface area contributed by atoms with Crippen LogP contribution in [0.5, 0.6) is 0 Å². The lowest BCUT2D eigenvalue weighted by molar-refractivity contribution is 0.0663. The lowest BCUT2D eigenvalue weighted by atomic mass is 10.1. The molecule has 0 bridgehead atoms. The van der Waals surface area contributed by atoms with Gasteiger partial charge in [0, 0.05) is 43.9 Å². The van der Waals surface area contributed by atoms with Crippen LogP contribution in [0.3, 0.4) is 0 Å². The van der Waals surface area contributed by atoms with Crippen LogP contribution in [-0.4, -0.2) is 86.9 Å². The molecule has 1 aliphatic rings. The van der Waals surface area contributed by atoms with Gasteiger partial charge in [-0.15, -0.1) is 0 Å². The van der Waals surface area contributed by atoms with E-state index in [4.69, 9.17) is 0 Å². The van der Waals surface area contributed by atoms with Crippen LogP contribution in [0.2, 0.25) is 0 Å². The number of benzene rings is 1. The number of amides is 2. The number of nitrogens with zero attached hydrogens (tertiary/aromatic N) is 3. The molecule has 0 atom stereocenters. The summed E-state index contributed by atoms with van der Waals surface area (Å²) < 4.78 is 0. The normalized spacial score (nSPS) is 15.6. The van der Waals surface area contributed by atoms with Crippen molar-refractivity contribution in [1.29, 1.82) is 0 Å². The monoisotopic (exact) mass is 332 g/mol. The number of piperazine rings is 1. The Labute approximate surface area is 144 Å². The molecule has 1 aromatic rings. The molecular weight excluding hydrogens is 304 g/mol. The highest BCUT2D eigenvalue weighted by molar-refractivity contribution is 5.97. The van der Waals surface area contributed by atoms with Gasteiger partial charge in [-0.2, -0.15) is 0 Å². The molecule has 0 unspecified atom stereocenters. The first kappa shape index (κ1) is 18.4. The van der Waals surface area contributed by atoms with E-state index in [0.717, 1.165) is 39.1 Å². The van der Waals surface area contributed by atoms with Crippen LogP contribution < -0.4 is 5.32 Å². The molecule has 1 saturated heterocycles. The van der Waals surface area contributed by atoms with Crippen LogP contribution in [0.15, 0.2) is 24.3 Å². The quantitative estimate of drug-likeness (QED) is 0.782. The molecule has 0 radical (unpaired) electrons. The second kappa shape index (κ2) is 8.80. The van der Waals surface area contributed by atoms with Crippen molar-refractivity contribution in [1.82, 2.24) is 20.0 Å². The summed E-state index contributed by atoms with van der Waals surface area (Å²) in [5.74, 6) is -0.0478. The van der Waals surface area contributed by atoms with Crippen molar-refractivity contribution in [3.05, 3.63) is 35.4 Å². The second-order valence-corrected chi connectivity index (χ2v) is 6.59. The largest absolute Gasteiger partial charge is 0.352 e. The molecule has 0 saturated carbocycles. The number of carbonyl (C=O) groups is 2. The minimum Gasteiger partial charge on any atom is -0.352 e. The molecular formula is C18H28N4O2. The molecule has 0 aromatic heterocycles. The minimum absolute atomic E-state index is 0.0426. The first-order chi connectivity index (χ1) is 11.5. The van der Waals surface area contributed by atoms with Crippen molar-refractivity contribution in [3.8, 4) is 0 Å². The topological polar surface area (TPSA) is 55.9 Å². The standard InChI is InChI=1S/C18H28N4O2/c1-20(2)10-4-9-19-17(23)15-5-7-16(8-6-15)18(24)22-13-11-21(3)12-14-22/h5-8H,4,9-14H2,1-3H3,(H,19,23). The zero-order chi connectivity index (χ0) is 17.5. The summed E-state index contributed by atoms with van der Waals surface area (Å²) in [6.45, 7) is 4.91. The van der Waals surface area contributed by atoms with Gasteiger partial charge in [0.2, 0.25) is 0 Å². The summed E-state index contributed by atoms with van der Waals surface area (Å²) in [5.41, 5.74) is 1.23. The Morgan fingerprint density at radius 1 is 1.04 bits per heavy atom. The van der Waals surface area contributed by atoms with Crippen LogP contribution in [0, 0.1) is 0 Å². The summed E-state index contributed by atoms with van der Waals surface area (Å²) in [4.78, 5) is 30.7. The average Bonchev–Trinajstić information content (AvgIpc) is 2.58. The molecule has 6 heteroatoms. The fourth-order valence-corrected chi connectivity index (χ4v) is 2.66. The molecule has 2 amide bonds. The summed E-state index contributed by atoms with van der Waals surface area (Å²) in [7, 11) is 6.09. The Morgan fingerprint density at radius 3 is 2.21 bits per heavy atom. The first-order valence-electron chi connectivity index (χ1n) is 8.48. The molecule has 132 valence electrons. The maximum atomic E-state index is 12.5. The van der Waals surface area contributed by atoms with Crippen molar-refractivity contribution in [2.24, 2.45) is 0 Å². The number of rotatable bonds is 6. The van der Waals surface area contributed by atoms with Crippen molar-refractivity contribution in [3.63, 3.8) is 0 Å². The first-order valence-corrected chi connectivity index (χ1v) is 8.48.